The number of rotatable bonds is 7. The molecule has 32 heavy (non-hydrogen) atoms. The number of ether oxygens (including phenoxy) is 1. The van der Waals surface area contributed by atoms with E-state index in [2.05, 4.69) is 16.3 Å². The normalized spacial score (nSPS) is 22.1. The van der Waals surface area contributed by atoms with Crippen LogP contribution < -0.4 is 5.32 Å². The minimum Gasteiger partial charge on any atom is -0.475 e. The molecule has 1 aromatic carbocycles. The van der Waals surface area contributed by atoms with Crippen molar-refractivity contribution < 1.29 is 32.6 Å². The van der Waals surface area contributed by atoms with E-state index in [9.17, 15) is 18.0 Å². The van der Waals surface area contributed by atoms with Crippen molar-refractivity contribution in [2.75, 3.05) is 26.2 Å². The first-order valence-electron chi connectivity index (χ1n) is 10.8. The Morgan fingerprint density at radius 2 is 1.88 bits per heavy atom. The van der Waals surface area contributed by atoms with Crippen LogP contribution in [0.25, 0.3) is 0 Å². The number of carboxylic acid groups (broad SMARTS) is 1. The molecule has 0 radical (unpaired) electrons. The standard InChI is InChI=1S/C20H27ClN2O2.C2HF3O2/c21-18-4-2-1-3-16(18)12-23-13-20(14-23)17(8-10-25-20)7-9-22-19(24)11-15-5-6-15;3-2(4,5)1(6)7/h1-4,15,17H,5-14H2,(H,22,24);(H,6,7). The van der Waals surface area contributed by atoms with Gasteiger partial charge in [0.15, 0.2) is 0 Å². The highest BCUT2D eigenvalue weighted by Gasteiger charge is 2.52. The van der Waals surface area contributed by atoms with Gasteiger partial charge in [0.2, 0.25) is 5.91 Å². The van der Waals surface area contributed by atoms with Crippen LogP contribution in [0, 0.1) is 11.8 Å². The maximum Gasteiger partial charge on any atom is 0.490 e. The zero-order valence-corrected chi connectivity index (χ0v) is 18.4. The van der Waals surface area contributed by atoms with Gasteiger partial charge in [-0.2, -0.15) is 13.2 Å². The second-order valence-electron chi connectivity index (χ2n) is 8.72. The summed E-state index contributed by atoms with van der Waals surface area (Å²) in [6.07, 6.45) is 0.231. The minimum atomic E-state index is -5.08. The van der Waals surface area contributed by atoms with Gasteiger partial charge in [0, 0.05) is 44.2 Å². The molecule has 1 amide bonds. The number of carbonyl (C=O) groups is 2. The first-order chi connectivity index (χ1) is 15.1. The molecule has 1 saturated carbocycles. The number of nitrogens with zero attached hydrogens (tertiary/aromatic N) is 1. The third-order valence-electron chi connectivity index (χ3n) is 6.16. The topological polar surface area (TPSA) is 78.9 Å². The van der Waals surface area contributed by atoms with Gasteiger partial charge < -0.3 is 15.2 Å². The van der Waals surface area contributed by atoms with Crippen LogP contribution in [-0.2, 0) is 20.9 Å². The van der Waals surface area contributed by atoms with E-state index in [0.717, 1.165) is 57.1 Å². The van der Waals surface area contributed by atoms with Crippen LogP contribution in [0.3, 0.4) is 0 Å². The molecule has 2 heterocycles. The van der Waals surface area contributed by atoms with Gasteiger partial charge in [-0.1, -0.05) is 29.8 Å². The van der Waals surface area contributed by atoms with Crippen molar-refractivity contribution in [2.24, 2.45) is 11.8 Å². The van der Waals surface area contributed by atoms with Gasteiger partial charge in [-0.15, -0.1) is 0 Å². The second-order valence-corrected chi connectivity index (χ2v) is 9.13. The molecule has 4 rings (SSSR count). The Labute approximate surface area is 190 Å². The number of hydrogen-bond acceptors (Lipinski definition) is 4. The van der Waals surface area contributed by atoms with Crippen molar-refractivity contribution >= 4 is 23.5 Å². The molecule has 2 N–H and O–H groups in total. The van der Waals surface area contributed by atoms with Crippen LogP contribution in [-0.4, -0.2) is 59.9 Å². The summed E-state index contributed by atoms with van der Waals surface area (Å²) in [6.45, 7) is 4.46. The van der Waals surface area contributed by atoms with Crippen molar-refractivity contribution in [3.63, 3.8) is 0 Å². The maximum atomic E-state index is 11.8. The highest BCUT2D eigenvalue weighted by Crippen LogP contribution is 2.42. The number of alkyl halides is 3. The van der Waals surface area contributed by atoms with Crippen LogP contribution >= 0.6 is 11.6 Å². The van der Waals surface area contributed by atoms with E-state index < -0.39 is 12.1 Å². The fourth-order valence-corrected chi connectivity index (χ4v) is 4.47. The maximum absolute atomic E-state index is 11.8. The predicted octanol–water partition coefficient (Wildman–Crippen LogP) is 3.87. The molecular weight excluding hydrogens is 449 g/mol. The Balaban J connectivity index is 0.000000360. The molecule has 2 saturated heterocycles. The molecule has 178 valence electrons. The Hall–Kier alpha value is -1.84. The average molecular weight is 477 g/mol. The fraction of sp³-hybridized carbons (Fsp3) is 0.636. The van der Waals surface area contributed by atoms with Gasteiger partial charge in [0.05, 0.1) is 5.60 Å². The van der Waals surface area contributed by atoms with E-state index in [4.69, 9.17) is 26.2 Å². The SMILES string of the molecule is O=C(CC1CC1)NCCC1CCOC12CN(Cc1ccccc1Cl)C2.O=C(O)C(F)(F)F. The zero-order chi connectivity index (χ0) is 23.4. The monoisotopic (exact) mass is 476 g/mol. The average Bonchev–Trinajstić information content (AvgIpc) is 3.40. The smallest absolute Gasteiger partial charge is 0.475 e. The van der Waals surface area contributed by atoms with Crippen molar-refractivity contribution in [3.05, 3.63) is 34.9 Å². The molecule has 1 atom stereocenters. The van der Waals surface area contributed by atoms with E-state index in [1.54, 1.807) is 0 Å². The third-order valence-corrected chi connectivity index (χ3v) is 6.53. The molecule has 3 aliphatic rings. The van der Waals surface area contributed by atoms with Gasteiger partial charge in [0.1, 0.15) is 0 Å². The number of carboxylic acids is 1. The molecule has 6 nitrogen and oxygen atoms in total. The highest BCUT2D eigenvalue weighted by atomic mass is 35.5. The molecule has 1 spiro atoms. The zero-order valence-electron chi connectivity index (χ0n) is 17.7. The number of halogens is 4. The molecule has 1 aliphatic carbocycles. The lowest BCUT2D eigenvalue weighted by molar-refractivity contribution is -0.192. The molecule has 3 fully saturated rings. The molecular formula is C22H28ClF3N2O4. The number of nitrogens with one attached hydrogen (secondary N) is 1. The van der Waals surface area contributed by atoms with E-state index in [1.807, 2.05) is 18.2 Å². The lowest BCUT2D eigenvalue weighted by atomic mass is 9.78. The Morgan fingerprint density at radius 1 is 1.22 bits per heavy atom. The lowest BCUT2D eigenvalue weighted by Gasteiger charge is -2.50. The molecule has 1 unspecified atom stereocenters. The van der Waals surface area contributed by atoms with E-state index in [1.165, 1.54) is 18.4 Å². The molecule has 10 heteroatoms. The van der Waals surface area contributed by atoms with Crippen LogP contribution in [0.1, 0.15) is 37.7 Å². The summed E-state index contributed by atoms with van der Waals surface area (Å²) in [5, 5.41) is 11.1. The van der Waals surface area contributed by atoms with Crippen LogP contribution in [0.15, 0.2) is 24.3 Å². The van der Waals surface area contributed by atoms with Crippen molar-refractivity contribution in [2.45, 2.75) is 50.4 Å². The highest BCUT2D eigenvalue weighted by molar-refractivity contribution is 6.31. The second kappa shape index (κ2) is 10.4. The predicted molar refractivity (Wildman–Crippen MR) is 112 cm³/mol. The number of likely N-dealkylation sites (tertiary alicyclic amines) is 1. The summed E-state index contributed by atoms with van der Waals surface area (Å²) in [4.78, 5) is 23.1. The lowest BCUT2D eigenvalue weighted by Crippen LogP contribution is -2.64. The van der Waals surface area contributed by atoms with Crippen molar-refractivity contribution in [3.8, 4) is 0 Å². The summed E-state index contributed by atoms with van der Waals surface area (Å²) in [7, 11) is 0. The quantitative estimate of drug-likeness (QED) is 0.624. The van der Waals surface area contributed by atoms with E-state index in [-0.39, 0.29) is 11.5 Å². The number of carbonyl (C=O) groups excluding carboxylic acids is 1. The van der Waals surface area contributed by atoms with Gasteiger partial charge in [-0.05, 0) is 49.1 Å². The van der Waals surface area contributed by atoms with E-state index in [0.29, 0.717) is 11.8 Å². The summed E-state index contributed by atoms with van der Waals surface area (Å²) < 4.78 is 37.9. The summed E-state index contributed by atoms with van der Waals surface area (Å²) >= 11 is 6.27. The third kappa shape index (κ3) is 6.83. The number of benzene rings is 1. The van der Waals surface area contributed by atoms with Gasteiger partial charge in [-0.25, -0.2) is 4.79 Å². The Morgan fingerprint density at radius 3 is 2.47 bits per heavy atom. The van der Waals surface area contributed by atoms with Crippen molar-refractivity contribution in [1.82, 2.24) is 10.2 Å². The first kappa shape index (κ1) is 24.8. The summed E-state index contributed by atoms with van der Waals surface area (Å²) in [5.74, 6) is -1.32. The largest absolute Gasteiger partial charge is 0.490 e. The summed E-state index contributed by atoms with van der Waals surface area (Å²) in [5.41, 5.74) is 1.18. The van der Waals surface area contributed by atoms with Crippen LogP contribution in [0.2, 0.25) is 5.02 Å². The molecule has 0 bridgehead atoms. The van der Waals surface area contributed by atoms with Crippen molar-refractivity contribution in [1.29, 1.82) is 0 Å². The number of hydrogen-bond donors (Lipinski definition) is 2. The van der Waals surface area contributed by atoms with E-state index >= 15 is 0 Å². The van der Waals surface area contributed by atoms with Gasteiger partial charge in [-0.3, -0.25) is 9.69 Å². The minimum absolute atomic E-state index is 0.00246. The Kier molecular flexibility index (Phi) is 8.06. The van der Waals surface area contributed by atoms with Gasteiger partial charge in [0.25, 0.3) is 0 Å². The van der Waals surface area contributed by atoms with Crippen LogP contribution in [0.4, 0.5) is 13.2 Å². The summed E-state index contributed by atoms with van der Waals surface area (Å²) in [6, 6.07) is 8.05. The van der Waals surface area contributed by atoms with Crippen LogP contribution in [0.5, 0.6) is 0 Å². The number of aliphatic carboxylic acids is 1. The molecule has 1 aromatic rings. The fourth-order valence-electron chi connectivity index (χ4n) is 4.27. The van der Waals surface area contributed by atoms with Gasteiger partial charge >= 0.3 is 12.1 Å². The first-order valence-corrected chi connectivity index (χ1v) is 11.1. The number of amides is 1. The molecule has 0 aromatic heterocycles. The molecule has 2 aliphatic heterocycles. The Bertz CT molecular complexity index is 811.